The third kappa shape index (κ3) is 2.26. The molecule has 2 nitrogen and oxygen atoms in total. The molecule has 0 saturated carbocycles. The van der Waals surface area contributed by atoms with Crippen LogP contribution in [-0.4, -0.2) is 23.8 Å². The van der Waals surface area contributed by atoms with Gasteiger partial charge in [0, 0.05) is 6.54 Å². The van der Waals surface area contributed by atoms with E-state index in [0.29, 0.717) is 5.92 Å². The first kappa shape index (κ1) is 10.4. The second kappa shape index (κ2) is 4.58. The molecule has 1 saturated heterocycles. The smallest absolute Gasteiger partial charge is 0.137 e. The summed E-state index contributed by atoms with van der Waals surface area (Å²) in [5.41, 5.74) is 1.29. The summed E-state index contributed by atoms with van der Waals surface area (Å²) in [6.45, 7) is 4.10. The fourth-order valence-corrected chi connectivity index (χ4v) is 2.27. The maximum atomic E-state index is 11.0. The molecule has 0 spiro atoms. The summed E-state index contributed by atoms with van der Waals surface area (Å²) in [6, 6.07) is 10.5. The Morgan fingerprint density at radius 2 is 2.13 bits per heavy atom. The van der Waals surface area contributed by atoms with Crippen LogP contribution in [-0.2, 0) is 11.3 Å². The van der Waals surface area contributed by atoms with Crippen LogP contribution in [0.1, 0.15) is 18.9 Å². The van der Waals surface area contributed by atoms with E-state index in [4.69, 9.17) is 0 Å². The zero-order chi connectivity index (χ0) is 10.7. The van der Waals surface area contributed by atoms with Gasteiger partial charge in [-0.2, -0.15) is 0 Å². The maximum Gasteiger partial charge on any atom is 0.137 e. The highest BCUT2D eigenvalue weighted by Gasteiger charge is 2.30. The first-order chi connectivity index (χ1) is 7.31. The molecule has 1 aromatic rings. The van der Waals surface area contributed by atoms with Crippen molar-refractivity contribution in [3.05, 3.63) is 35.9 Å². The molecule has 1 heterocycles. The summed E-state index contributed by atoms with van der Waals surface area (Å²) in [4.78, 5) is 13.2. The van der Waals surface area contributed by atoms with Gasteiger partial charge in [0.15, 0.2) is 0 Å². The number of benzene rings is 1. The van der Waals surface area contributed by atoms with Gasteiger partial charge in [0.05, 0.1) is 6.04 Å². The lowest BCUT2D eigenvalue weighted by atomic mass is 10.0. The molecule has 1 aliphatic heterocycles. The van der Waals surface area contributed by atoms with E-state index in [1.807, 2.05) is 18.2 Å². The molecule has 0 radical (unpaired) electrons. The lowest BCUT2D eigenvalue weighted by molar-refractivity contribution is -0.112. The van der Waals surface area contributed by atoms with Gasteiger partial charge in [-0.15, -0.1) is 0 Å². The highest BCUT2D eigenvalue weighted by atomic mass is 16.1. The molecule has 1 fully saturated rings. The van der Waals surface area contributed by atoms with Gasteiger partial charge in [0.1, 0.15) is 6.29 Å². The number of hydrogen-bond acceptors (Lipinski definition) is 2. The zero-order valence-corrected chi connectivity index (χ0v) is 9.10. The average Bonchev–Trinajstić information content (AvgIpc) is 2.61. The van der Waals surface area contributed by atoms with Gasteiger partial charge in [-0.3, -0.25) is 4.90 Å². The molecular weight excluding hydrogens is 186 g/mol. The third-order valence-corrected chi connectivity index (χ3v) is 3.24. The molecule has 0 aliphatic carbocycles. The van der Waals surface area contributed by atoms with E-state index in [2.05, 4.69) is 24.0 Å². The van der Waals surface area contributed by atoms with Crippen LogP contribution >= 0.6 is 0 Å². The standard InChI is InChI=1S/C13H17NO/c1-11-7-8-14(13(11)10-15)9-12-5-3-2-4-6-12/h2-6,10-11,13H,7-9H2,1H3. The molecular formula is C13H17NO. The van der Waals surface area contributed by atoms with Crippen molar-refractivity contribution in [2.24, 2.45) is 5.92 Å². The molecule has 2 rings (SSSR count). The van der Waals surface area contributed by atoms with Crippen LogP contribution in [0.5, 0.6) is 0 Å². The Balaban J connectivity index is 2.03. The van der Waals surface area contributed by atoms with E-state index in [-0.39, 0.29) is 6.04 Å². The number of nitrogens with zero attached hydrogens (tertiary/aromatic N) is 1. The van der Waals surface area contributed by atoms with Crippen LogP contribution in [0.4, 0.5) is 0 Å². The summed E-state index contributed by atoms with van der Waals surface area (Å²) >= 11 is 0. The van der Waals surface area contributed by atoms with E-state index in [0.717, 1.165) is 25.8 Å². The topological polar surface area (TPSA) is 20.3 Å². The second-order valence-electron chi connectivity index (χ2n) is 4.35. The number of hydrogen-bond donors (Lipinski definition) is 0. The fraction of sp³-hybridized carbons (Fsp3) is 0.462. The minimum Gasteiger partial charge on any atom is -0.302 e. The van der Waals surface area contributed by atoms with E-state index in [1.165, 1.54) is 5.56 Å². The van der Waals surface area contributed by atoms with Crippen molar-refractivity contribution in [3.8, 4) is 0 Å². The lowest BCUT2D eigenvalue weighted by Crippen LogP contribution is -2.32. The molecule has 80 valence electrons. The average molecular weight is 203 g/mol. The van der Waals surface area contributed by atoms with Gasteiger partial charge in [-0.1, -0.05) is 37.3 Å². The summed E-state index contributed by atoms with van der Waals surface area (Å²) < 4.78 is 0. The van der Waals surface area contributed by atoms with E-state index < -0.39 is 0 Å². The van der Waals surface area contributed by atoms with Crippen LogP contribution in [0.3, 0.4) is 0 Å². The Labute approximate surface area is 90.9 Å². The zero-order valence-electron chi connectivity index (χ0n) is 9.10. The number of rotatable bonds is 3. The van der Waals surface area contributed by atoms with Gasteiger partial charge in [-0.05, 0) is 24.4 Å². The Hall–Kier alpha value is -1.15. The first-order valence-corrected chi connectivity index (χ1v) is 5.54. The predicted octanol–water partition coefficient (Wildman–Crippen LogP) is 2.10. The predicted molar refractivity (Wildman–Crippen MR) is 60.5 cm³/mol. The summed E-state index contributed by atoms with van der Waals surface area (Å²) in [6.07, 6.45) is 2.23. The van der Waals surface area contributed by atoms with Gasteiger partial charge in [-0.25, -0.2) is 0 Å². The molecule has 2 unspecified atom stereocenters. The summed E-state index contributed by atoms with van der Waals surface area (Å²) in [7, 11) is 0. The number of aldehydes is 1. The number of carbonyl (C=O) groups excluding carboxylic acids is 1. The molecule has 1 aromatic carbocycles. The monoisotopic (exact) mass is 203 g/mol. The molecule has 2 heteroatoms. The molecule has 0 amide bonds. The molecule has 1 aliphatic rings. The third-order valence-electron chi connectivity index (χ3n) is 3.24. The van der Waals surface area contributed by atoms with Crippen molar-refractivity contribution in [1.82, 2.24) is 4.90 Å². The molecule has 0 aromatic heterocycles. The second-order valence-corrected chi connectivity index (χ2v) is 4.35. The highest BCUT2D eigenvalue weighted by Crippen LogP contribution is 2.23. The Kier molecular flexibility index (Phi) is 3.17. The number of carbonyl (C=O) groups is 1. The van der Waals surface area contributed by atoms with Crippen molar-refractivity contribution in [2.75, 3.05) is 6.54 Å². The van der Waals surface area contributed by atoms with Gasteiger partial charge < -0.3 is 4.79 Å². The van der Waals surface area contributed by atoms with Crippen LogP contribution in [0.25, 0.3) is 0 Å². The van der Waals surface area contributed by atoms with Gasteiger partial charge >= 0.3 is 0 Å². The van der Waals surface area contributed by atoms with Crippen molar-refractivity contribution in [1.29, 1.82) is 0 Å². The van der Waals surface area contributed by atoms with Gasteiger partial charge in [0.25, 0.3) is 0 Å². The SMILES string of the molecule is CC1CCN(Cc2ccccc2)C1C=O. The van der Waals surface area contributed by atoms with Crippen molar-refractivity contribution in [2.45, 2.75) is 25.9 Å². The van der Waals surface area contributed by atoms with Crippen molar-refractivity contribution < 1.29 is 4.79 Å². The van der Waals surface area contributed by atoms with Crippen LogP contribution in [0.2, 0.25) is 0 Å². The minimum absolute atomic E-state index is 0.116. The minimum atomic E-state index is 0.116. The number of likely N-dealkylation sites (tertiary alicyclic amines) is 1. The Morgan fingerprint density at radius 3 is 2.80 bits per heavy atom. The van der Waals surface area contributed by atoms with Crippen molar-refractivity contribution in [3.63, 3.8) is 0 Å². The van der Waals surface area contributed by atoms with Gasteiger partial charge in [0.2, 0.25) is 0 Å². The maximum absolute atomic E-state index is 11.0. The van der Waals surface area contributed by atoms with Crippen LogP contribution in [0.15, 0.2) is 30.3 Å². The van der Waals surface area contributed by atoms with Crippen LogP contribution < -0.4 is 0 Å². The summed E-state index contributed by atoms with van der Waals surface area (Å²) in [5.74, 6) is 0.506. The van der Waals surface area contributed by atoms with Crippen molar-refractivity contribution >= 4 is 6.29 Å². The molecule has 2 atom stereocenters. The fourth-order valence-electron chi connectivity index (χ4n) is 2.27. The first-order valence-electron chi connectivity index (χ1n) is 5.54. The molecule has 0 bridgehead atoms. The van der Waals surface area contributed by atoms with E-state index in [1.54, 1.807) is 0 Å². The van der Waals surface area contributed by atoms with E-state index in [9.17, 15) is 4.79 Å². The molecule has 0 N–H and O–H groups in total. The van der Waals surface area contributed by atoms with Crippen LogP contribution in [0, 0.1) is 5.92 Å². The summed E-state index contributed by atoms with van der Waals surface area (Å²) in [5, 5.41) is 0. The quantitative estimate of drug-likeness (QED) is 0.701. The normalized spacial score (nSPS) is 26.7. The Morgan fingerprint density at radius 1 is 1.40 bits per heavy atom. The lowest BCUT2D eigenvalue weighted by Gasteiger charge is -2.21. The van der Waals surface area contributed by atoms with E-state index >= 15 is 0 Å². The highest BCUT2D eigenvalue weighted by molar-refractivity contribution is 5.58. The largest absolute Gasteiger partial charge is 0.302 e. The molecule has 15 heavy (non-hydrogen) atoms. The Bertz CT molecular complexity index is 323.